The van der Waals surface area contributed by atoms with Crippen LogP contribution in [0.25, 0.3) is 0 Å². The molecule has 120 valence electrons. The van der Waals surface area contributed by atoms with E-state index in [9.17, 15) is 4.79 Å². The predicted molar refractivity (Wildman–Crippen MR) is 91.8 cm³/mol. The monoisotopic (exact) mass is 311 g/mol. The number of carbonyl (C=O) groups excluding carboxylic acids is 1. The van der Waals surface area contributed by atoms with Crippen molar-refractivity contribution in [2.75, 3.05) is 5.32 Å². The minimum absolute atomic E-state index is 0.0524. The molecule has 0 radical (unpaired) electrons. The summed E-state index contributed by atoms with van der Waals surface area (Å²) in [6, 6.07) is 16.7. The maximum Gasteiger partial charge on any atom is 0.231 e. The van der Waals surface area contributed by atoms with Crippen LogP contribution in [0.15, 0.2) is 54.6 Å². The summed E-state index contributed by atoms with van der Waals surface area (Å²) in [5.41, 5.74) is 1.62. The Kier molecular flexibility index (Phi) is 5.74. The Balaban J connectivity index is 1.83. The molecular formula is C18H21N3O2. The quantitative estimate of drug-likeness (QED) is 0.586. The molecule has 0 bridgehead atoms. The van der Waals surface area contributed by atoms with Crippen molar-refractivity contribution in [1.29, 1.82) is 5.41 Å². The molecule has 23 heavy (non-hydrogen) atoms. The van der Waals surface area contributed by atoms with Crippen molar-refractivity contribution in [3.63, 3.8) is 0 Å². The molecule has 2 aromatic carbocycles. The number of benzene rings is 2. The van der Waals surface area contributed by atoms with E-state index in [-0.39, 0.29) is 24.4 Å². The van der Waals surface area contributed by atoms with Crippen molar-refractivity contribution in [2.24, 2.45) is 0 Å². The zero-order chi connectivity index (χ0) is 16.7. The molecule has 0 saturated carbocycles. The Labute approximate surface area is 136 Å². The number of anilines is 1. The van der Waals surface area contributed by atoms with Crippen LogP contribution in [-0.4, -0.2) is 18.0 Å². The van der Waals surface area contributed by atoms with Gasteiger partial charge in [-0.15, -0.1) is 0 Å². The maximum absolute atomic E-state index is 11.9. The summed E-state index contributed by atoms with van der Waals surface area (Å²) in [6.45, 7) is 3.92. The largest absolute Gasteiger partial charge is 0.491 e. The molecule has 0 aliphatic carbocycles. The van der Waals surface area contributed by atoms with Gasteiger partial charge in [-0.25, -0.2) is 0 Å². The van der Waals surface area contributed by atoms with E-state index in [4.69, 9.17) is 10.1 Å². The first kappa shape index (κ1) is 16.5. The van der Waals surface area contributed by atoms with E-state index < -0.39 is 0 Å². The van der Waals surface area contributed by atoms with Crippen LogP contribution >= 0.6 is 0 Å². The molecule has 5 nitrogen and oxygen atoms in total. The lowest BCUT2D eigenvalue weighted by Gasteiger charge is -2.12. The summed E-state index contributed by atoms with van der Waals surface area (Å²) in [6.07, 6.45) is 0.357. The third kappa shape index (κ3) is 5.82. The average molecular weight is 311 g/mol. The van der Waals surface area contributed by atoms with E-state index in [1.165, 1.54) is 0 Å². The second-order valence-corrected chi connectivity index (χ2v) is 5.40. The summed E-state index contributed by atoms with van der Waals surface area (Å²) in [5.74, 6) is 0.488. The highest BCUT2D eigenvalue weighted by Gasteiger charge is 2.06. The van der Waals surface area contributed by atoms with Crippen LogP contribution < -0.4 is 15.4 Å². The second-order valence-electron chi connectivity index (χ2n) is 5.40. The molecule has 0 aliphatic heterocycles. The van der Waals surface area contributed by atoms with Gasteiger partial charge in [0.25, 0.3) is 0 Å². The summed E-state index contributed by atoms with van der Waals surface area (Å²) >= 11 is 0. The van der Waals surface area contributed by atoms with Crippen LogP contribution in [0.1, 0.15) is 19.4 Å². The molecule has 0 aliphatic rings. The van der Waals surface area contributed by atoms with Crippen molar-refractivity contribution < 1.29 is 9.53 Å². The normalized spacial score (nSPS) is 10.2. The van der Waals surface area contributed by atoms with Gasteiger partial charge >= 0.3 is 0 Å². The number of rotatable bonds is 5. The second kappa shape index (κ2) is 7.98. The Hall–Kier alpha value is -2.82. The Morgan fingerprint density at radius 3 is 2.35 bits per heavy atom. The van der Waals surface area contributed by atoms with Crippen molar-refractivity contribution in [2.45, 2.75) is 26.4 Å². The Bertz CT molecular complexity index is 652. The van der Waals surface area contributed by atoms with E-state index in [1.807, 2.05) is 56.3 Å². The van der Waals surface area contributed by atoms with Gasteiger partial charge < -0.3 is 10.1 Å². The van der Waals surface area contributed by atoms with Gasteiger partial charge in [0.1, 0.15) is 5.75 Å². The Morgan fingerprint density at radius 2 is 1.74 bits per heavy atom. The minimum atomic E-state index is -0.228. The number of amides is 1. The SMILES string of the molecule is CC(C)Oc1ccc(NC(=N)NC(=O)Cc2ccccc2)cc1. The summed E-state index contributed by atoms with van der Waals surface area (Å²) in [5, 5.41) is 13.2. The highest BCUT2D eigenvalue weighted by molar-refractivity contribution is 6.02. The lowest BCUT2D eigenvalue weighted by atomic mass is 10.1. The minimum Gasteiger partial charge on any atom is -0.491 e. The molecular weight excluding hydrogens is 290 g/mol. The van der Waals surface area contributed by atoms with Crippen molar-refractivity contribution in [3.8, 4) is 5.75 Å². The molecule has 0 unspecified atom stereocenters. The third-order valence-corrected chi connectivity index (χ3v) is 2.97. The lowest BCUT2D eigenvalue weighted by Crippen LogP contribution is -2.36. The van der Waals surface area contributed by atoms with E-state index in [1.54, 1.807) is 12.1 Å². The van der Waals surface area contributed by atoms with E-state index in [0.29, 0.717) is 5.69 Å². The molecule has 3 N–H and O–H groups in total. The lowest BCUT2D eigenvalue weighted by molar-refractivity contribution is -0.119. The van der Waals surface area contributed by atoms with E-state index in [0.717, 1.165) is 11.3 Å². The smallest absolute Gasteiger partial charge is 0.231 e. The van der Waals surface area contributed by atoms with Gasteiger partial charge in [-0.05, 0) is 43.7 Å². The van der Waals surface area contributed by atoms with E-state index in [2.05, 4.69) is 10.6 Å². The number of guanidine groups is 1. The first-order valence-electron chi connectivity index (χ1n) is 7.49. The summed E-state index contributed by atoms with van der Waals surface area (Å²) < 4.78 is 5.55. The number of ether oxygens (including phenoxy) is 1. The first-order chi connectivity index (χ1) is 11.0. The zero-order valence-corrected chi connectivity index (χ0v) is 13.3. The zero-order valence-electron chi connectivity index (χ0n) is 13.3. The summed E-state index contributed by atoms with van der Waals surface area (Å²) in [7, 11) is 0. The van der Waals surface area contributed by atoms with Crippen molar-refractivity contribution >= 4 is 17.6 Å². The van der Waals surface area contributed by atoms with Crippen LogP contribution in [0.4, 0.5) is 5.69 Å². The molecule has 1 amide bonds. The van der Waals surface area contributed by atoms with Gasteiger partial charge in [0, 0.05) is 5.69 Å². The van der Waals surface area contributed by atoms with Crippen molar-refractivity contribution in [3.05, 3.63) is 60.2 Å². The van der Waals surface area contributed by atoms with Gasteiger partial charge in [-0.3, -0.25) is 15.5 Å². The molecule has 2 aromatic rings. The molecule has 0 aromatic heterocycles. The van der Waals surface area contributed by atoms with E-state index >= 15 is 0 Å². The average Bonchev–Trinajstić information content (AvgIpc) is 2.49. The van der Waals surface area contributed by atoms with Crippen molar-refractivity contribution in [1.82, 2.24) is 5.32 Å². The number of nitrogens with one attached hydrogen (secondary N) is 3. The van der Waals surface area contributed by atoms with Gasteiger partial charge in [-0.2, -0.15) is 0 Å². The fourth-order valence-electron chi connectivity index (χ4n) is 2.03. The van der Waals surface area contributed by atoms with Crippen LogP contribution in [0.2, 0.25) is 0 Å². The van der Waals surface area contributed by atoms with Gasteiger partial charge in [0.15, 0.2) is 5.96 Å². The molecule has 0 fully saturated rings. The highest BCUT2D eigenvalue weighted by atomic mass is 16.5. The molecule has 2 rings (SSSR count). The topological polar surface area (TPSA) is 74.2 Å². The molecule has 5 heteroatoms. The van der Waals surface area contributed by atoms with Gasteiger partial charge in [-0.1, -0.05) is 30.3 Å². The van der Waals surface area contributed by atoms with Gasteiger partial charge in [0.05, 0.1) is 12.5 Å². The Morgan fingerprint density at radius 1 is 1.09 bits per heavy atom. The van der Waals surface area contributed by atoms with Crippen LogP contribution in [0.3, 0.4) is 0 Å². The number of hydrogen-bond donors (Lipinski definition) is 3. The standard InChI is InChI=1S/C18H21N3O2/c1-13(2)23-16-10-8-15(9-11-16)20-18(19)21-17(22)12-14-6-4-3-5-7-14/h3-11,13H,12H2,1-2H3,(H3,19,20,21,22). The summed E-state index contributed by atoms with van der Waals surface area (Å²) in [4.78, 5) is 11.9. The number of carbonyl (C=O) groups is 1. The maximum atomic E-state index is 11.9. The number of hydrogen-bond acceptors (Lipinski definition) is 3. The van der Waals surface area contributed by atoms with Crippen LogP contribution in [0.5, 0.6) is 5.75 Å². The first-order valence-corrected chi connectivity index (χ1v) is 7.49. The fraction of sp³-hybridized carbons (Fsp3) is 0.222. The van der Waals surface area contributed by atoms with Crippen LogP contribution in [0, 0.1) is 5.41 Å². The third-order valence-electron chi connectivity index (χ3n) is 2.97. The molecule has 0 spiro atoms. The van der Waals surface area contributed by atoms with Crippen LogP contribution in [-0.2, 0) is 11.2 Å². The molecule has 0 atom stereocenters. The fourth-order valence-corrected chi connectivity index (χ4v) is 2.03. The van der Waals surface area contributed by atoms with Gasteiger partial charge in [0.2, 0.25) is 5.91 Å². The molecule has 0 saturated heterocycles. The highest BCUT2D eigenvalue weighted by Crippen LogP contribution is 2.16. The molecule has 0 heterocycles. The predicted octanol–water partition coefficient (Wildman–Crippen LogP) is 3.18.